The maximum absolute atomic E-state index is 11.5. The van der Waals surface area contributed by atoms with Gasteiger partial charge in [0, 0.05) is 22.4 Å². The maximum atomic E-state index is 11.5. The maximum Gasteiger partial charge on any atom is 0.211 e. The number of nitrogens with two attached hydrogens (primary N) is 2. The van der Waals surface area contributed by atoms with E-state index in [-0.39, 0.29) is 10.9 Å². The summed E-state index contributed by atoms with van der Waals surface area (Å²) in [4.78, 5) is 0.221. The van der Waals surface area contributed by atoms with Crippen molar-refractivity contribution in [1.82, 2.24) is 0 Å². The van der Waals surface area contributed by atoms with Crippen LogP contribution in [0.15, 0.2) is 63.6 Å². The molecule has 0 amide bonds. The molecule has 6 nitrogen and oxygen atoms in total. The largest absolute Gasteiger partial charge is 0.369 e. The van der Waals surface area contributed by atoms with Crippen molar-refractivity contribution >= 4 is 33.1 Å². The van der Waals surface area contributed by atoms with Crippen LogP contribution < -0.4 is 11.5 Å². The van der Waals surface area contributed by atoms with Crippen LogP contribution in [-0.2, 0) is 9.84 Å². The Morgan fingerprint density at radius 2 is 1.39 bits per heavy atom. The van der Waals surface area contributed by atoms with Gasteiger partial charge in [0.1, 0.15) is 5.71 Å². The van der Waals surface area contributed by atoms with E-state index in [1.54, 1.807) is 36.4 Å². The molecule has 0 saturated carbocycles. The summed E-state index contributed by atoms with van der Waals surface area (Å²) in [7, 11) is -3.27. The van der Waals surface area contributed by atoms with Crippen molar-refractivity contribution in [3.05, 3.63) is 64.7 Å². The first-order chi connectivity index (χ1) is 10.8. The Hall–Kier alpha value is -2.38. The van der Waals surface area contributed by atoms with Crippen molar-refractivity contribution in [2.24, 2.45) is 21.7 Å². The lowest BCUT2D eigenvalue weighted by molar-refractivity contribution is 0.602. The summed E-state index contributed by atoms with van der Waals surface area (Å²) < 4.78 is 23.1. The summed E-state index contributed by atoms with van der Waals surface area (Å²) in [6.07, 6.45) is 1.15. The summed E-state index contributed by atoms with van der Waals surface area (Å²) in [6.45, 7) is 0. The summed E-state index contributed by atoms with van der Waals surface area (Å²) >= 11 is 5.89. The van der Waals surface area contributed by atoms with Crippen LogP contribution in [0.2, 0.25) is 5.02 Å². The molecule has 120 valence electrons. The van der Waals surface area contributed by atoms with Gasteiger partial charge in [0.2, 0.25) is 5.96 Å². The van der Waals surface area contributed by atoms with Crippen LogP contribution in [-0.4, -0.2) is 26.3 Å². The molecular weight excluding hydrogens is 336 g/mol. The van der Waals surface area contributed by atoms with E-state index in [1.165, 1.54) is 12.1 Å². The van der Waals surface area contributed by atoms with Crippen molar-refractivity contribution in [2.75, 3.05) is 6.26 Å². The summed E-state index contributed by atoms with van der Waals surface area (Å²) in [5.74, 6) is -0.177. The molecule has 0 spiro atoms. The van der Waals surface area contributed by atoms with Gasteiger partial charge in [-0.15, -0.1) is 10.2 Å². The van der Waals surface area contributed by atoms with E-state index in [2.05, 4.69) is 10.2 Å². The normalized spacial score (nSPS) is 12.0. The van der Waals surface area contributed by atoms with Gasteiger partial charge < -0.3 is 11.5 Å². The quantitative estimate of drug-likeness (QED) is 0.497. The van der Waals surface area contributed by atoms with E-state index < -0.39 is 9.84 Å². The zero-order chi connectivity index (χ0) is 17.0. The van der Waals surface area contributed by atoms with Crippen LogP contribution in [0.5, 0.6) is 0 Å². The summed E-state index contributed by atoms with van der Waals surface area (Å²) in [6, 6.07) is 13.3. The second-order valence-corrected chi connectivity index (χ2v) is 7.23. The second-order valence-electron chi connectivity index (χ2n) is 4.78. The highest BCUT2D eigenvalue weighted by atomic mass is 35.5. The molecule has 0 saturated heterocycles. The molecule has 2 aromatic carbocycles. The van der Waals surface area contributed by atoms with Crippen molar-refractivity contribution < 1.29 is 8.42 Å². The van der Waals surface area contributed by atoms with Crippen LogP contribution in [0.4, 0.5) is 0 Å². The fourth-order valence-corrected chi connectivity index (χ4v) is 2.61. The number of nitrogens with zero attached hydrogens (tertiary/aromatic N) is 2. The minimum absolute atomic E-state index is 0.177. The highest BCUT2D eigenvalue weighted by Gasteiger charge is 2.11. The predicted octanol–water partition coefficient (Wildman–Crippen LogP) is 1.77. The molecule has 0 aromatic heterocycles. The first-order valence-corrected chi connectivity index (χ1v) is 8.77. The number of hydrogen-bond donors (Lipinski definition) is 2. The van der Waals surface area contributed by atoms with Crippen LogP contribution in [0.3, 0.4) is 0 Å². The Morgan fingerprint density at radius 1 is 0.913 bits per heavy atom. The number of halogens is 1. The standard InChI is InChI=1S/C15H15ClN4O2S/c1-23(21,22)13-8-4-11(5-9-13)14(19-20-15(17)18)10-2-6-12(16)7-3-10/h2-9H,1H3,(H4,17,18,20)/b19-14+. The number of benzene rings is 2. The van der Waals surface area contributed by atoms with Gasteiger partial charge in [-0.1, -0.05) is 35.9 Å². The number of sulfone groups is 1. The Balaban J connectivity index is 2.52. The lowest BCUT2D eigenvalue weighted by atomic mass is 10.0. The van der Waals surface area contributed by atoms with Gasteiger partial charge >= 0.3 is 0 Å². The van der Waals surface area contributed by atoms with Gasteiger partial charge in [-0.25, -0.2) is 8.42 Å². The average molecular weight is 351 g/mol. The molecule has 0 aliphatic carbocycles. The molecule has 0 radical (unpaired) electrons. The number of guanidine groups is 1. The lowest BCUT2D eigenvalue weighted by Gasteiger charge is -2.07. The van der Waals surface area contributed by atoms with Crippen molar-refractivity contribution in [3.63, 3.8) is 0 Å². The smallest absolute Gasteiger partial charge is 0.211 e. The Morgan fingerprint density at radius 3 is 1.83 bits per heavy atom. The molecule has 0 fully saturated rings. The van der Waals surface area contributed by atoms with Crippen molar-refractivity contribution in [2.45, 2.75) is 4.90 Å². The number of hydrogen-bond acceptors (Lipinski definition) is 4. The molecule has 0 heterocycles. The third kappa shape index (κ3) is 4.54. The molecule has 0 bridgehead atoms. The van der Waals surface area contributed by atoms with E-state index in [4.69, 9.17) is 23.1 Å². The Kier molecular flexibility index (Phi) is 5.02. The molecule has 2 aromatic rings. The highest BCUT2D eigenvalue weighted by Crippen LogP contribution is 2.17. The van der Waals surface area contributed by atoms with Crippen LogP contribution >= 0.6 is 11.6 Å². The van der Waals surface area contributed by atoms with Gasteiger partial charge in [-0.3, -0.25) is 0 Å². The van der Waals surface area contributed by atoms with E-state index >= 15 is 0 Å². The monoisotopic (exact) mass is 350 g/mol. The molecule has 2 rings (SSSR count). The zero-order valence-corrected chi connectivity index (χ0v) is 13.8. The van der Waals surface area contributed by atoms with E-state index in [9.17, 15) is 8.42 Å². The molecular formula is C15H15ClN4O2S. The van der Waals surface area contributed by atoms with Gasteiger partial charge in [0.25, 0.3) is 0 Å². The fourth-order valence-electron chi connectivity index (χ4n) is 1.86. The van der Waals surface area contributed by atoms with E-state index in [0.29, 0.717) is 16.3 Å². The molecule has 0 aliphatic heterocycles. The molecule has 4 N–H and O–H groups in total. The van der Waals surface area contributed by atoms with E-state index in [0.717, 1.165) is 11.8 Å². The summed E-state index contributed by atoms with van der Waals surface area (Å²) in [5.41, 5.74) is 12.6. The van der Waals surface area contributed by atoms with Crippen LogP contribution in [0, 0.1) is 0 Å². The third-order valence-corrected chi connectivity index (χ3v) is 4.32. The van der Waals surface area contributed by atoms with Gasteiger partial charge in [-0.05, 0) is 24.3 Å². The average Bonchev–Trinajstić information content (AvgIpc) is 2.48. The van der Waals surface area contributed by atoms with Gasteiger partial charge in [0.05, 0.1) is 4.90 Å². The first-order valence-electron chi connectivity index (χ1n) is 6.50. The minimum atomic E-state index is -3.27. The predicted molar refractivity (Wildman–Crippen MR) is 92.5 cm³/mol. The van der Waals surface area contributed by atoms with Crippen molar-refractivity contribution in [3.8, 4) is 0 Å². The minimum Gasteiger partial charge on any atom is -0.369 e. The second kappa shape index (κ2) is 6.80. The highest BCUT2D eigenvalue weighted by molar-refractivity contribution is 7.90. The van der Waals surface area contributed by atoms with Gasteiger partial charge in [-0.2, -0.15) is 0 Å². The zero-order valence-electron chi connectivity index (χ0n) is 12.3. The molecule has 0 atom stereocenters. The Labute approximate surface area is 139 Å². The van der Waals surface area contributed by atoms with Crippen molar-refractivity contribution in [1.29, 1.82) is 0 Å². The number of rotatable bonds is 4. The van der Waals surface area contributed by atoms with Crippen LogP contribution in [0.1, 0.15) is 11.1 Å². The third-order valence-electron chi connectivity index (χ3n) is 2.94. The Bertz CT molecular complexity index is 853. The van der Waals surface area contributed by atoms with Crippen LogP contribution in [0.25, 0.3) is 0 Å². The molecule has 0 unspecified atom stereocenters. The fraction of sp³-hybridized carbons (Fsp3) is 0.0667. The molecule has 8 heteroatoms. The lowest BCUT2D eigenvalue weighted by Crippen LogP contribution is -2.22. The summed E-state index contributed by atoms with van der Waals surface area (Å²) in [5, 5.41) is 8.31. The topological polar surface area (TPSA) is 111 Å². The molecule has 0 aliphatic rings. The first kappa shape index (κ1) is 17.0. The van der Waals surface area contributed by atoms with E-state index in [1.807, 2.05) is 0 Å². The molecule has 23 heavy (non-hydrogen) atoms. The SMILES string of the molecule is CS(=O)(=O)c1ccc(/C(=N/N=C(N)N)c2ccc(Cl)cc2)cc1. The van der Waals surface area contributed by atoms with Gasteiger partial charge in [0.15, 0.2) is 9.84 Å².